The largest absolute Gasteiger partial charge is 0.383 e. The average Bonchev–Trinajstić information content (AvgIpc) is 2.39. The normalized spacial score (nSPS) is 21.6. The molecule has 4 nitrogen and oxygen atoms in total. The Bertz CT molecular complexity index is 420. The minimum atomic E-state index is 0.0526. The molecule has 4 heteroatoms. The first-order valence-corrected chi connectivity index (χ1v) is 7.56. The lowest BCUT2D eigenvalue weighted by Crippen LogP contribution is -2.38. The van der Waals surface area contributed by atoms with Crippen LogP contribution in [0.3, 0.4) is 0 Å². The first-order valence-electron chi connectivity index (χ1n) is 7.56. The predicted octanol–water partition coefficient (Wildman–Crippen LogP) is 2.60. The van der Waals surface area contributed by atoms with Crippen molar-refractivity contribution in [1.29, 1.82) is 0 Å². The topological polar surface area (TPSA) is 46.2 Å². The van der Waals surface area contributed by atoms with E-state index in [-0.39, 0.29) is 5.60 Å². The van der Waals surface area contributed by atoms with E-state index in [2.05, 4.69) is 36.4 Å². The van der Waals surface area contributed by atoms with E-state index < -0.39 is 0 Å². The van der Waals surface area contributed by atoms with Crippen molar-refractivity contribution in [1.82, 2.24) is 10.3 Å². The van der Waals surface area contributed by atoms with Crippen LogP contribution in [0, 0.1) is 12.8 Å². The summed E-state index contributed by atoms with van der Waals surface area (Å²) >= 11 is 0. The first-order chi connectivity index (χ1) is 9.57. The van der Waals surface area contributed by atoms with Crippen molar-refractivity contribution in [3.63, 3.8) is 0 Å². The second kappa shape index (κ2) is 7.04. The number of pyridine rings is 1. The SMILES string of the molecule is Cc1cnccc1NCCNCC1CCOC(C)(C)C1. The van der Waals surface area contributed by atoms with Crippen LogP contribution in [-0.2, 0) is 4.74 Å². The van der Waals surface area contributed by atoms with E-state index in [0.717, 1.165) is 38.6 Å². The molecule has 0 radical (unpaired) electrons. The Morgan fingerprint density at radius 1 is 1.40 bits per heavy atom. The Kier molecular flexibility index (Phi) is 5.38. The van der Waals surface area contributed by atoms with Gasteiger partial charge in [-0.3, -0.25) is 4.98 Å². The summed E-state index contributed by atoms with van der Waals surface area (Å²) in [5.41, 5.74) is 2.42. The fourth-order valence-corrected chi connectivity index (χ4v) is 2.80. The predicted molar refractivity (Wildman–Crippen MR) is 83.1 cm³/mol. The van der Waals surface area contributed by atoms with Crippen LogP contribution in [0.2, 0.25) is 0 Å². The smallest absolute Gasteiger partial charge is 0.0629 e. The van der Waals surface area contributed by atoms with Crippen LogP contribution in [0.15, 0.2) is 18.5 Å². The molecule has 2 N–H and O–H groups in total. The highest BCUT2D eigenvalue weighted by Gasteiger charge is 2.28. The Morgan fingerprint density at radius 3 is 3.00 bits per heavy atom. The van der Waals surface area contributed by atoms with Crippen LogP contribution >= 0.6 is 0 Å². The Morgan fingerprint density at radius 2 is 2.25 bits per heavy atom. The lowest BCUT2D eigenvalue weighted by molar-refractivity contribution is -0.0717. The number of nitrogens with zero attached hydrogens (tertiary/aromatic N) is 1. The van der Waals surface area contributed by atoms with Crippen LogP contribution in [0.5, 0.6) is 0 Å². The molecule has 2 rings (SSSR count). The average molecular weight is 277 g/mol. The molecule has 1 atom stereocenters. The molecule has 112 valence electrons. The van der Waals surface area contributed by atoms with Crippen molar-refractivity contribution in [3.05, 3.63) is 24.0 Å². The molecule has 0 saturated carbocycles. The summed E-state index contributed by atoms with van der Waals surface area (Å²) < 4.78 is 5.75. The zero-order valence-corrected chi connectivity index (χ0v) is 12.9. The zero-order valence-electron chi connectivity index (χ0n) is 12.9. The van der Waals surface area contributed by atoms with Crippen molar-refractivity contribution in [2.24, 2.45) is 5.92 Å². The molecule has 1 fully saturated rings. The fourth-order valence-electron chi connectivity index (χ4n) is 2.80. The van der Waals surface area contributed by atoms with Gasteiger partial charge in [0.05, 0.1) is 5.60 Å². The monoisotopic (exact) mass is 277 g/mol. The van der Waals surface area contributed by atoms with E-state index in [0.29, 0.717) is 0 Å². The molecule has 1 unspecified atom stereocenters. The summed E-state index contributed by atoms with van der Waals surface area (Å²) in [5, 5.41) is 6.99. The van der Waals surface area contributed by atoms with E-state index in [9.17, 15) is 0 Å². The minimum Gasteiger partial charge on any atom is -0.383 e. The number of anilines is 1. The number of rotatable bonds is 6. The first kappa shape index (κ1) is 15.3. The summed E-state index contributed by atoms with van der Waals surface area (Å²) in [7, 11) is 0. The van der Waals surface area contributed by atoms with E-state index in [1.165, 1.54) is 17.7 Å². The lowest BCUT2D eigenvalue weighted by atomic mass is 9.88. The van der Waals surface area contributed by atoms with Gasteiger partial charge in [-0.1, -0.05) is 0 Å². The third-order valence-electron chi connectivity index (χ3n) is 3.87. The summed E-state index contributed by atoms with van der Waals surface area (Å²) in [6.07, 6.45) is 6.04. The molecule has 0 aromatic carbocycles. The van der Waals surface area contributed by atoms with Crippen LogP contribution in [0.1, 0.15) is 32.3 Å². The molecule has 20 heavy (non-hydrogen) atoms. The molecule has 2 heterocycles. The highest BCUT2D eigenvalue weighted by Crippen LogP contribution is 2.27. The van der Waals surface area contributed by atoms with Gasteiger partial charge in [-0.15, -0.1) is 0 Å². The summed E-state index contributed by atoms with van der Waals surface area (Å²) in [6, 6.07) is 2.02. The van der Waals surface area contributed by atoms with Crippen molar-refractivity contribution in [2.45, 2.75) is 39.2 Å². The van der Waals surface area contributed by atoms with Gasteiger partial charge in [0, 0.05) is 37.8 Å². The quantitative estimate of drug-likeness (QED) is 0.785. The number of nitrogens with one attached hydrogen (secondary N) is 2. The van der Waals surface area contributed by atoms with E-state index in [1.54, 1.807) is 0 Å². The Hall–Kier alpha value is -1.13. The summed E-state index contributed by atoms with van der Waals surface area (Å²) in [4.78, 5) is 4.10. The molecule has 0 bridgehead atoms. The third kappa shape index (κ3) is 4.76. The maximum Gasteiger partial charge on any atom is 0.0629 e. The van der Waals surface area contributed by atoms with Gasteiger partial charge in [-0.25, -0.2) is 0 Å². The fraction of sp³-hybridized carbons (Fsp3) is 0.688. The Labute approximate surface area is 122 Å². The molecule has 1 aromatic heterocycles. The molecule has 1 aromatic rings. The van der Waals surface area contributed by atoms with Gasteiger partial charge >= 0.3 is 0 Å². The van der Waals surface area contributed by atoms with Gasteiger partial charge in [-0.05, 0) is 57.7 Å². The molecular weight excluding hydrogens is 250 g/mol. The van der Waals surface area contributed by atoms with Gasteiger partial charge in [-0.2, -0.15) is 0 Å². The summed E-state index contributed by atoms with van der Waals surface area (Å²) in [6.45, 7) is 10.4. The molecular formula is C16H27N3O. The second-order valence-electron chi connectivity index (χ2n) is 6.29. The third-order valence-corrected chi connectivity index (χ3v) is 3.87. The standard InChI is InChI=1S/C16H27N3O/c1-13-11-17-6-4-15(13)19-8-7-18-12-14-5-9-20-16(2,3)10-14/h4,6,11,14,18H,5,7-10,12H2,1-3H3,(H,17,19). The van der Waals surface area contributed by atoms with Gasteiger partial charge in [0.1, 0.15) is 0 Å². The maximum absolute atomic E-state index is 5.75. The van der Waals surface area contributed by atoms with Crippen molar-refractivity contribution in [2.75, 3.05) is 31.6 Å². The number of aromatic nitrogens is 1. The zero-order chi connectivity index (χ0) is 14.4. The second-order valence-corrected chi connectivity index (χ2v) is 6.29. The highest BCUT2D eigenvalue weighted by atomic mass is 16.5. The van der Waals surface area contributed by atoms with Crippen LogP contribution in [0.4, 0.5) is 5.69 Å². The van der Waals surface area contributed by atoms with Crippen LogP contribution < -0.4 is 10.6 Å². The maximum atomic E-state index is 5.75. The number of aryl methyl sites for hydroxylation is 1. The molecule has 0 spiro atoms. The molecule has 1 saturated heterocycles. The molecule has 1 aliphatic heterocycles. The van der Waals surface area contributed by atoms with Crippen LogP contribution in [-0.4, -0.2) is 36.8 Å². The van der Waals surface area contributed by atoms with Crippen molar-refractivity contribution >= 4 is 5.69 Å². The lowest BCUT2D eigenvalue weighted by Gasteiger charge is -2.35. The minimum absolute atomic E-state index is 0.0526. The van der Waals surface area contributed by atoms with Gasteiger partial charge in [0.15, 0.2) is 0 Å². The van der Waals surface area contributed by atoms with E-state index >= 15 is 0 Å². The van der Waals surface area contributed by atoms with Crippen molar-refractivity contribution < 1.29 is 4.74 Å². The number of ether oxygens (including phenoxy) is 1. The van der Waals surface area contributed by atoms with Crippen LogP contribution in [0.25, 0.3) is 0 Å². The Balaban J connectivity index is 1.61. The highest BCUT2D eigenvalue weighted by molar-refractivity contribution is 5.48. The molecule has 0 amide bonds. The number of hydrogen-bond donors (Lipinski definition) is 2. The summed E-state index contributed by atoms with van der Waals surface area (Å²) in [5.74, 6) is 0.737. The van der Waals surface area contributed by atoms with Gasteiger partial charge in [0.25, 0.3) is 0 Å². The van der Waals surface area contributed by atoms with Crippen molar-refractivity contribution in [3.8, 4) is 0 Å². The van der Waals surface area contributed by atoms with Gasteiger partial charge in [0.2, 0.25) is 0 Å². The van der Waals surface area contributed by atoms with Gasteiger partial charge < -0.3 is 15.4 Å². The van der Waals surface area contributed by atoms with E-state index in [1.807, 2.05) is 18.5 Å². The molecule has 0 aliphatic carbocycles. The number of hydrogen-bond acceptors (Lipinski definition) is 4. The van der Waals surface area contributed by atoms with E-state index in [4.69, 9.17) is 4.74 Å². The molecule has 1 aliphatic rings.